The van der Waals surface area contributed by atoms with Crippen molar-refractivity contribution >= 4 is 23.7 Å². The van der Waals surface area contributed by atoms with Gasteiger partial charge in [-0.05, 0) is 33.1 Å². The van der Waals surface area contributed by atoms with Crippen molar-refractivity contribution in [3.8, 4) is 0 Å². The van der Waals surface area contributed by atoms with E-state index in [9.17, 15) is 9.18 Å². The van der Waals surface area contributed by atoms with Gasteiger partial charge in [0.05, 0.1) is 5.69 Å². The molecular weight excluding hydrogens is 317 g/mol. The fourth-order valence-corrected chi connectivity index (χ4v) is 4.37. The summed E-state index contributed by atoms with van der Waals surface area (Å²) in [6, 6.07) is 1.84. The van der Waals surface area contributed by atoms with Gasteiger partial charge in [-0.15, -0.1) is 0 Å². The maximum atomic E-state index is 13.3. The third kappa shape index (κ3) is 4.07. The lowest BCUT2D eigenvalue weighted by Gasteiger charge is -2.27. The third-order valence-corrected chi connectivity index (χ3v) is 5.77. The van der Waals surface area contributed by atoms with E-state index in [-0.39, 0.29) is 5.91 Å². The van der Waals surface area contributed by atoms with Crippen LogP contribution in [-0.2, 0) is 4.79 Å². The highest BCUT2D eigenvalue weighted by atomic mass is 32.2. The zero-order valence-electron chi connectivity index (χ0n) is 13.7. The summed E-state index contributed by atoms with van der Waals surface area (Å²) in [5, 5.41) is 6.89. The van der Waals surface area contributed by atoms with Crippen LogP contribution in [0.4, 0.5) is 10.3 Å². The Kier molecular flexibility index (Phi) is 4.96. The van der Waals surface area contributed by atoms with Gasteiger partial charge in [0.25, 0.3) is 0 Å². The van der Waals surface area contributed by atoms with Crippen LogP contribution in [0.15, 0.2) is 10.6 Å². The number of hydrogen-bond acceptors (Lipinski definition) is 5. The Labute approximate surface area is 140 Å². The van der Waals surface area contributed by atoms with Crippen molar-refractivity contribution in [2.24, 2.45) is 0 Å². The number of nitrogens with one attached hydrogen (secondary N) is 1. The van der Waals surface area contributed by atoms with Crippen LogP contribution in [0, 0.1) is 0 Å². The highest BCUT2D eigenvalue weighted by molar-refractivity contribution is 7.99. The SMILES string of the molecule is CC(C)(SN1CCC(F)C1)C(=O)Nc1cc(C2CCCC2)no1. The zero-order chi connectivity index (χ0) is 16.4. The molecule has 1 aliphatic carbocycles. The molecule has 128 valence electrons. The Hall–Kier alpha value is -1.08. The first kappa shape index (κ1) is 16.8. The minimum absolute atomic E-state index is 0.154. The van der Waals surface area contributed by atoms with Crippen molar-refractivity contribution in [3.63, 3.8) is 0 Å². The van der Waals surface area contributed by atoms with Gasteiger partial charge in [0.1, 0.15) is 10.9 Å². The Morgan fingerprint density at radius 1 is 1.43 bits per heavy atom. The predicted octanol–water partition coefficient (Wildman–Crippen LogP) is 3.74. The van der Waals surface area contributed by atoms with Gasteiger partial charge in [-0.2, -0.15) is 0 Å². The molecule has 3 rings (SSSR count). The van der Waals surface area contributed by atoms with E-state index in [0.717, 1.165) is 18.5 Å². The third-order valence-electron chi connectivity index (χ3n) is 4.54. The Balaban J connectivity index is 1.57. The number of nitrogens with zero attached hydrogens (tertiary/aromatic N) is 2. The van der Waals surface area contributed by atoms with Crippen molar-refractivity contribution in [2.75, 3.05) is 18.4 Å². The molecule has 2 fully saturated rings. The first-order valence-electron chi connectivity index (χ1n) is 8.30. The molecule has 2 heterocycles. The molecule has 5 nitrogen and oxygen atoms in total. The topological polar surface area (TPSA) is 58.4 Å². The molecular formula is C16H24FN3O2S. The molecule has 2 aliphatic rings. The molecule has 1 aliphatic heterocycles. The Morgan fingerprint density at radius 3 is 2.83 bits per heavy atom. The number of amides is 1. The van der Waals surface area contributed by atoms with E-state index >= 15 is 0 Å². The maximum absolute atomic E-state index is 13.3. The van der Waals surface area contributed by atoms with E-state index in [1.54, 1.807) is 0 Å². The van der Waals surface area contributed by atoms with E-state index in [1.165, 1.54) is 24.8 Å². The first-order valence-corrected chi connectivity index (χ1v) is 9.07. The van der Waals surface area contributed by atoms with E-state index in [4.69, 9.17) is 4.52 Å². The van der Waals surface area contributed by atoms with Crippen molar-refractivity contribution in [1.82, 2.24) is 9.46 Å². The van der Waals surface area contributed by atoms with Crippen LogP contribution in [0.5, 0.6) is 0 Å². The van der Waals surface area contributed by atoms with Crippen LogP contribution in [0.25, 0.3) is 0 Å². The molecule has 1 saturated heterocycles. The number of rotatable bonds is 5. The van der Waals surface area contributed by atoms with E-state index in [1.807, 2.05) is 24.2 Å². The molecule has 0 aromatic carbocycles. The maximum Gasteiger partial charge on any atom is 0.243 e. The van der Waals surface area contributed by atoms with Gasteiger partial charge in [-0.3, -0.25) is 10.1 Å². The smallest absolute Gasteiger partial charge is 0.243 e. The van der Waals surface area contributed by atoms with Crippen molar-refractivity contribution < 1.29 is 13.7 Å². The van der Waals surface area contributed by atoms with Crippen molar-refractivity contribution in [1.29, 1.82) is 0 Å². The average molecular weight is 341 g/mol. The lowest BCUT2D eigenvalue weighted by molar-refractivity contribution is -0.117. The number of hydrogen-bond donors (Lipinski definition) is 1. The molecule has 1 aromatic rings. The molecule has 23 heavy (non-hydrogen) atoms. The van der Waals surface area contributed by atoms with Crippen LogP contribution in [0.3, 0.4) is 0 Å². The normalized spacial score (nSPS) is 23.5. The summed E-state index contributed by atoms with van der Waals surface area (Å²) in [5.74, 6) is 0.701. The molecule has 1 N–H and O–H groups in total. The van der Waals surface area contributed by atoms with Gasteiger partial charge in [0.2, 0.25) is 11.8 Å². The lowest BCUT2D eigenvalue weighted by Crippen LogP contribution is -2.37. The number of carbonyl (C=O) groups is 1. The van der Waals surface area contributed by atoms with Crippen LogP contribution < -0.4 is 5.32 Å². The van der Waals surface area contributed by atoms with Gasteiger partial charge < -0.3 is 4.52 Å². The monoisotopic (exact) mass is 341 g/mol. The van der Waals surface area contributed by atoms with Crippen LogP contribution in [-0.4, -0.2) is 39.4 Å². The van der Waals surface area contributed by atoms with Gasteiger partial charge >= 0.3 is 0 Å². The number of halogens is 1. The summed E-state index contributed by atoms with van der Waals surface area (Å²) >= 11 is 1.39. The Bertz CT molecular complexity index is 557. The highest BCUT2D eigenvalue weighted by Gasteiger charge is 2.35. The van der Waals surface area contributed by atoms with Gasteiger partial charge in [-0.1, -0.05) is 29.9 Å². The highest BCUT2D eigenvalue weighted by Crippen LogP contribution is 2.35. The Morgan fingerprint density at radius 2 is 2.17 bits per heavy atom. The van der Waals surface area contributed by atoms with Gasteiger partial charge in [-0.25, -0.2) is 8.70 Å². The number of anilines is 1. The average Bonchev–Trinajstić information content (AvgIpc) is 3.19. The summed E-state index contributed by atoms with van der Waals surface area (Å²) in [7, 11) is 0. The van der Waals surface area contributed by atoms with Crippen LogP contribution >= 0.6 is 11.9 Å². The second-order valence-electron chi connectivity index (χ2n) is 6.93. The molecule has 1 unspecified atom stereocenters. The summed E-state index contributed by atoms with van der Waals surface area (Å²) in [5.41, 5.74) is 0.933. The molecule has 0 radical (unpaired) electrons. The fourth-order valence-electron chi connectivity index (χ4n) is 3.16. The van der Waals surface area contributed by atoms with Gasteiger partial charge in [0.15, 0.2) is 0 Å². The summed E-state index contributed by atoms with van der Waals surface area (Å²) in [4.78, 5) is 12.5. The number of alkyl halides is 1. The summed E-state index contributed by atoms with van der Waals surface area (Å²) in [6.07, 6.45) is 4.49. The molecule has 1 atom stereocenters. The van der Waals surface area contributed by atoms with Gasteiger partial charge in [0, 0.05) is 25.1 Å². The van der Waals surface area contributed by atoms with E-state index in [0.29, 0.717) is 31.3 Å². The standard InChI is InChI=1S/C16H24FN3O2S/c1-16(2,23-20-8-7-12(17)10-20)15(21)18-14-9-13(19-22-14)11-5-3-4-6-11/h9,11-12H,3-8,10H2,1-2H3,(H,18,21). The molecule has 1 aromatic heterocycles. The largest absolute Gasteiger partial charge is 0.338 e. The second-order valence-corrected chi connectivity index (χ2v) is 8.65. The fraction of sp³-hybridized carbons (Fsp3) is 0.750. The quantitative estimate of drug-likeness (QED) is 0.827. The minimum atomic E-state index is -0.787. The number of aromatic nitrogens is 1. The molecule has 1 saturated carbocycles. The molecule has 1 amide bonds. The summed E-state index contributed by atoms with van der Waals surface area (Å²) < 4.78 is 19.8. The molecule has 0 bridgehead atoms. The first-order chi connectivity index (χ1) is 10.9. The van der Waals surface area contributed by atoms with Crippen LogP contribution in [0.2, 0.25) is 0 Å². The predicted molar refractivity (Wildman–Crippen MR) is 89.1 cm³/mol. The van der Waals surface area contributed by atoms with E-state index < -0.39 is 10.9 Å². The lowest BCUT2D eigenvalue weighted by atomic mass is 10.0. The van der Waals surface area contributed by atoms with E-state index in [2.05, 4.69) is 10.5 Å². The second kappa shape index (κ2) is 6.81. The minimum Gasteiger partial charge on any atom is -0.338 e. The van der Waals surface area contributed by atoms with Crippen molar-refractivity contribution in [3.05, 3.63) is 11.8 Å². The molecule has 0 spiro atoms. The van der Waals surface area contributed by atoms with Crippen molar-refractivity contribution in [2.45, 2.75) is 62.8 Å². The zero-order valence-corrected chi connectivity index (χ0v) is 14.5. The van der Waals surface area contributed by atoms with Crippen LogP contribution in [0.1, 0.15) is 57.6 Å². The molecule has 7 heteroatoms. The summed E-state index contributed by atoms with van der Waals surface area (Å²) in [6.45, 7) is 4.74. The number of carbonyl (C=O) groups excluding carboxylic acids is 1.